The minimum absolute atomic E-state index is 0.278. The van der Waals surface area contributed by atoms with Crippen LogP contribution in [0.3, 0.4) is 0 Å². The van der Waals surface area contributed by atoms with E-state index >= 15 is 0 Å². The molecule has 0 N–H and O–H groups in total. The van der Waals surface area contributed by atoms with E-state index in [2.05, 4.69) is 38.8 Å². The first-order valence-electron chi connectivity index (χ1n) is 7.12. The van der Waals surface area contributed by atoms with E-state index in [9.17, 15) is 4.79 Å². The van der Waals surface area contributed by atoms with Crippen molar-refractivity contribution in [3.63, 3.8) is 0 Å². The van der Waals surface area contributed by atoms with Crippen molar-refractivity contribution in [2.24, 2.45) is 0 Å². The molecule has 0 unspecified atom stereocenters. The molecule has 0 amide bonds. The van der Waals surface area contributed by atoms with Gasteiger partial charge in [-0.05, 0) is 28.8 Å². The van der Waals surface area contributed by atoms with E-state index in [4.69, 9.17) is 4.74 Å². The molecule has 0 saturated carbocycles. The van der Waals surface area contributed by atoms with E-state index in [-0.39, 0.29) is 5.97 Å². The minimum atomic E-state index is -0.278. The maximum atomic E-state index is 11.4. The van der Waals surface area contributed by atoms with Crippen LogP contribution >= 0.6 is 31.9 Å². The first-order chi connectivity index (χ1) is 9.20. The van der Waals surface area contributed by atoms with E-state index in [1.54, 1.807) is 4.99 Å². The Morgan fingerprint density at radius 2 is 1.63 bits per heavy atom. The van der Waals surface area contributed by atoms with Crippen LogP contribution in [-0.4, -0.2) is 5.97 Å². The van der Waals surface area contributed by atoms with Gasteiger partial charge in [0.15, 0.2) is 0 Å². The molecule has 1 heterocycles. The van der Waals surface area contributed by atoms with E-state index < -0.39 is 0 Å². The lowest BCUT2D eigenvalue weighted by Crippen LogP contribution is -1.92. The number of unbranched alkanes of at least 4 members (excludes halogenated alkanes) is 7. The number of esters is 1. The summed E-state index contributed by atoms with van der Waals surface area (Å²) in [7, 11) is 0. The smallest absolute Gasteiger partial charge is 0.351 e. The van der Waals surface area contributed by atoms with Crippen molar-refractivity contribution in [3.05, 3.63) is 20.8 Å². The molecule has 1 aliphatic rings. The predicted molar refractivity (Wildman–Crippen MR) is 86.3 cm³/mol. The zero-order valence-corrected chi connectivity index (χ0v) is 14.7. The second-order valence-electron chi connectivity index (χ2n) is 4.88. The molecule has 0 spiro atoms. The van der Waals surface area contributed by atoms with Gasteiger partial charge in [0, 0.05) is 10.6 Å². The highest BCUT2D eigenvalue weighted by atomic mass is 79.9. The summed E-state index contributed by atoms with van der Waals surface area (Å²) >= 11 is 6.54. The number of allylic oxidation sites excluding steroid dienone is 1. The molecule has 0 aromatic rings. The van der Waals surface area contributed by atoms with Gasteiger partial charge in [0.1, 0.15) is 10.2 Å². The third-order valence-electron chi connectivity index (χ3n) is 3.32. The molecule has 0 aromatic carbocycles. The van der Waals surface area contributed by atoms with Crippen molar-refractivity contribution >= 4 is 37.8 Å². The Hall–Kier alpha value is -0.0900. The van der Waals surface area contributed by atoms with Crippen LogP contribution in [0.5, 0.6) is 0 Å². The summed E-state index contributed by atoms with van der Waals surface area (Å²) < 4.78 is 5.70. The van der Waals surface area contributed by atoms with E-state index in [1.165, 1.54) is 44.9 Å². The average Bonchev–Trinajstić information content (AvgIpc) is 2.69. The number of carbonyl (C=O) groups is 1. The van der Waals surface area contributed by atoms with Crippen molar-refractivity contribution < 1.29 is 9.53 Å². The Labute approximate surface area is 132 Å². The summed E-state index contributed by atoms with van der Waals surface area (Å²) in [6, 6.07) is 0. The Bertz CT molecular complexity index is 359. The maximum Gasteiger partial charge on any atom is 0.351 e. The molecule has 0 fully saturated rings. The highest BCUT2D eigenvalue weighted by Gasteiger charge is 2.26. The zero-order chi connectivity index (χ0) is 14.1. The number of carbonyl (C=O) groups excluding carboxylic acids is 1. The van der Waals surface area contributed by atoms with Gasteiger partial charge in [0.25, 0.3) is 0 Å². The van der Waals surface area contributed by atoms with Crippen LogP contribution in [0.2, 0.25) is 0 Å². The van der Waals surface area contributed by atoms with E-state index in [1.807, 2.05) is 0 Å². The molecule has 0 aliphatic carbocycles. The molecule has 19 heavy (non-hydrogen) atoms. The standard InChI is InChI=1S/C15H22Br2O2/c1-2-3-4-5-6-7-8-9-10-12-13(11-16)19-15(18)14(12)17/h11H,2-10H2,1H3. The molecule has 0 radical (unpaired) electrons. The fraction of sp³-hybridized carbons (Fsp3) is 0.667. The van der Waals surface area contributed by atoms with Crippen LogP contribution in [0.25, 0.3) is 0 Å². The zero-order valence-electron chi connectivity index (χ0n) is 11.5. The number of halogens is 2. The van der Waals surface area contributed by atoms with Gasteiger partial charge in [0.05, 0.1) is 0 Å². The summed E-state index contributed by atoms with van der Waals surface area (Å²) in [5.74, 6) is 0.375. The molecule has 108 valence electrons. The Kier molecular flexibility index (Phi) is 8.71. The van der Waals surface area contributed by atoms with E-state index in [0.717, 1.165) is 18.4 Å². The molecule has 1 aliphatic heterocycles. The van der Waals surface area contributed by atoms with Crippen molar-refractivity contribution in [1.82, 2.24) is 0 Å². The highest BCUT2D eigenvalue weighted by molar-refractivity contribution is 9.12. The van der Waals surface area contributed by atoms with Crippen molar-refractivity contribution in [2.75, 3.05) is 0 Å². The summed E-state index contributed by atoms with van der Waals surface area (Å²) in [6.45, 7) is 2.24. The quantitative estimate of drug-likeness (QED) is 0.356. The number of rotatable bonds is 9. The van der Waals surface area contributed by atoms with Gasteiger partial charge in [-0.3, -0.25) is 0 Å². The van der Waals surface area contributed by atoms with Gasteiger partial charge in [-0.1, -0.05) is 67.8 Å². The average molecular weight is 394 g/mol. The van der Waals surface area contributed by atoms with Crippen LogP contribution in [0.4, 0.5) is 0 Å². The van der Waals surface area contributed by atoms with Crippen LogP contribution in [-0.2, 0) is 9.53 Å². The number of cyclic esters (lactones) is 1. The largest absolute Gasteiger partial charge is 0.422 e. The van der Waals surface area contributed by atoms with Crippen LogP contribution in [0, 0.1) is 0 Å². The van der Waals surface area contributed by atoms with Crippen LogP contribution in [0.15, 0.2) is 20.8 Å². The van der Waals surface area contributed by atoms with Gasteiger partial charge >= 0.3 is 5.97 Å². The fourth-order valence-electron chi connectivity index (χ4n) is 2.19. The molecule has 0 atom stereocenters. The maximum absolute atomic E-state index is 11.4. The highest BCUT2D eigenvalue weighted by Crippen LogP contribution is 2.34. The molecule has 0 aromatic heterocycles. The second-order valence-corrected chi connectivity index (χ2v) is 6.13. The van der Waals surface area contributed by atoms with Crippen LogP contribution in [0.1, 0.15) is 64.7 Å². The number of ether oxygens (including phenoxy) is 1. The monoisotopic (exact) mass is 392 g/mol. The SMILES string of the molecule is CCCCCCCCCCC1=C(Br)C(=O)OC1=CBr. The summed E-state index contributed by atoms with van der Waals surface area (Å²) in [6.07, 6.45) is 11.2. The molecular weight excluding hydrogens is 372 g/mol. The van der Waals surface area contributed by atoms with Crippen LogP contribution < -0.4 is 0 Å². The van der Waals surface area contributed by atoms with Gasteiger partial charge in [0.2, 0.25) is 0 Å². The second kappa shape index (κ2) is 9.76. The normalized spacial score (nSPS) is 17.4. The Morgan fingerprint density at radius 1 is 1.05 bits per heavy atom. The number of hydrogen-bond acceptors (Lipinski definition) is 2. The first kappa shape index (κ1) is 17.0. The van der Waals surface area contributed by atoms with Gasteiger partial charge in [-0.25, -0.2) is 4.79 Å². The summed E-state index contributed by atoms with van der Waals surface area (Å²) in [5, 5.41) is 0. The number of hydrogen-bond donors (Lipinski definition) is 0. The van der Waals surface area contributed by atoms with Crippen molar-refractivity contribution in [1.29, 1.82) is 0 Å². The molecule has 1 rings (SSSR count). The van der Waals surface area contributed by atoms with Gasteiger partial charge in [-0.15, -0.1) is 0 Å². The van der Waals surface area contributed by atoms with Gasteiger partial charge < -0.3 is 4.74 Å². The van der Waals surface area contributed by atoms with E-state index in [0.29, 0.717) is 10.2 Å². The fourth-order valence-corrected chi connectivity index (χ4v) is 3.04. The van der Waals surface area contributed by atoms with Crippen molar-refractivity contribution in [3.8, 4) is 0 Å². The molecule has 0 bridgehead atoms. The molecule has 0 saturated heterocycles. The lowest BCUT2D eigenvalue weighted by Gasteiger charge is -2.04. The third kappa shape index (κ3) is 5.82. The molecule has 4 heteroatoms. The molecule has 2 nitrogen and oxygen atoms in total. The molecular formula is C15H22Br2O2. The topological polar surface area (TPSA) is 26.3 Å². The first-order valence-corrected chi connectivity index (χ1v) is 8.83. The lowest BCUT2D eigenvalue weighted by molar-refractivity contribution is -0.132. The summed E-state index contributed by atoms with van der Waals surface area (Å²) in [4.78, 5) is 13.1. The Balaban J connectivity index is 2.17. The van der Waals surface area contributed by atoms with Gasteiger partial charge in [-0.2, -0.15) is 0 Å². The summed E-state index contributed by atoms with van der Waals surface area (Å²) in [5.41, 5.74) is 0.993. The lowest BCUT2D eigenvalue weighted by atomic mass is 10.0. The third-order valence-corrected chi connectivity index (χ3v) is 4.54. The minimum Gasteiger partial charge on any atom is -0.422 e. The predicted octanol–water partition coefficient (Wildman–Crippen LogP) is 5.96. The van der Waals surface area contributed by atoms with Crippen molar-refractivity contribution in [2.45, 2.75) is 64.7 Å². The Morgan fingerprint density at radius 3 is 2.21 bits per heavy atom.